The van der Waals surface area contributed by atoms with Crippen LogP contribution in [0.1, 0.15) is 5.56 Å². The van der Waals surface area contributed by atoms with Gasteiger partial charge in [-0.2, -0.15) is 5.10 Å². The third kappa shape index (κ3) is 3.68. The van der Waals surface area contributed by atoms with Gasteiger partial charge in [0.05, 0.1) is 11.9 Å². The van der Waals surface area contributed by atoms with Crippen molar-refractivity contribution in [1.82, 2.24) is 20.0 Å². The highest BCUT2D eigenvalue weighted by atomic mass is 35.5. The van der Waals surface area contributed by atoms with Crippen LogP contribution in [0.2, 0.25) is 5.02 Å². The first-order valence-corrected chi connectivity index (χ1v) is 7.97. The maximum Gasteiger partial charge on any atom is 0.318 e. The van der Waals surface area contributed by atoms with Crippen molar-refractivity contribution >= 4 is 29.2 Å². The van der Waals surface area contributed by atoms with Crippen LogP contribution >= 0.6 is 11.6 Å². The molecule has 0 bridgehead atoms. The van der Waals surface area contributed by atoms with Crippen molar-refractivity contribution in [3.63, 3.8) is 0 Å². The number of hydrogen-bond acceptors (Lipinski definition) is 3. The van der Waals surface area contributed by atoms with Gasteiger partial charge in [0.15, 0.2) is 0 Å². The monoisotopic (exact) mass is 347 g/mol. The zero-order valence-corrected chi connectivity index (χ0v) is 14.0. The predicted molar refractivity (Wildman–Crippen MR) is 90.8 cm³/mol. The van der Waals surface area contributed by atoms with Crippen LogP contribution in [-0.4, -0.2) is 46.3 Å². The van der Waals surface area contributed by atoms with Gasteiger partial charge in [-0.3, -0.25) is 9.48 Å². The van der Waals surface area contributed by atoms with Gasteiger partial charge >= 0.3 is 6.03 Å². The van der Waals surface area contributed by atoms with E-state index in [2.05, 4.69) is 10.4 Å². The van der Waals surface area contributed by atoms with Gasteiger partial charge in [0, 0.05) is 37.9 Å². The predicted octanol–water partition coefficient (Wildman–Crippen LogP) is 1.63. The lowest BCUT2D eigenvalue weighted by Gasteiger charge is -2.33. The fraction of sp³-hybridized carbons (Fsp3) is 0.312. The minimum absolute atomic E-state index is 0.0519. The zero-order valence-electron chi connectivity index (χ0n) is 13.3. The molecule has 1 aromatic carbocycles. The lowest BCUT2D eigenvalue weighted by atomic mass is 10.2. The fourth-order valence-corrected chi connectivity index (χ4v) is 2.82. The van der Waals surface area contributed by atoms with Crippen LogP contribution in [0.3, 0.4) is 0 Å². The van der Waals surface area contributed by atoms with Gasteiger partial charge in [-0.25, -0.2) is 4.79 Å². The van der Waals surface area contributed by atoms with Gasteiger partial charge in [-0.05, 0) is 17.7 Å². The third-order valence-corrected chi connectivity index (χ3v) is 4.08. The number of halogens is 1. The van der Waals surface area contributed by atoms with Crippen LogP contribution in [0.15, 0.2) is 36.7 Å². The molecule has 1 saturated heterocycles. The van der Waals surface area contributed by atoms with E-state index < -0.39 is 0 Å². The van der Waals surface area contributed by atoms with Gasteiger partial charge in [0.1, 0.15) is 6.54 Å². The molecule has 0 spiro atoms. The van der Waals surface area contributed by atoms with Crippen LogP contribution < -0.4 is 10.2 Å². The molecule has 0 radical (unpaired) electrons. The normalized spacial score (nSPS) is 14.8. The van der Waals surface area contributed by atoms with Crippen LogP contribution in [0.25, 0.3) is 0 Å². The molecular weight excluding hydrogens is 330 g/mol. The number of carbonyl (C=O) groups excluding carboxylic acids is 2. The summed E-state index contributed by atoms with van der Waals surface area (Å²) in [6, 6.07) is 7.04. The number of nitrogens with zero attached hydrogens (tertiary/aromatic N) is 4. The maximum atomic E-state index is 12.3. The number of amides is 3. The summed E-state index contributed by atoms with van der Waals surface area (Å²) < 4.78 is 1.65. The SMILES string of the molecule is Cn1cc(N2CCN(C(=O)NCc3cccc(Cl)c3)CC2=O)cn1. The number of anilines is 1. The Morgan fingerprint density at radius 1 is 1.38 bits per heavy atom. The number of carbonyl (C=O) groups is 2. The highest BCUT2D eigenvalue weighted by Gasteiger charge is 2.28. The molecule has 2 aromatic rings. The molecule has 0 unspecified atom stereocenters. The number of aryl methyl sites for hydroxylation is 1. The molecule has 1 aliphatic rings. The smallest absolute Gasteiger partial charge is 0.318 e. The number of rotatable bonds is 3. The van der Waals surface area contributed by atoms with Crippen molar-refractivity contribution in [2.45, 2.75) is 6.54 Å². The van der Waals surface area contributed by atoms with Gasteiger partial charge in [0.25, 0.3) is 0 Å². The van der Waals surface area contributed by atoms with Gasteiger partial charge < -0.3 is 15.1 Å². The van der Waals surface area contributed by atoms with E-state index >= 15 is 0 Å². The molecule has 8 heteroatoms. The molecule has 126 valence electrons. The summed E-state index contributed by atoms with van der Waals surface area (Å²) in [7, 11) is 1.80. The second kappa shape index (κ2) is 6.92. The molecule has 7 nitrogen and oxygen atoms in total. The molecule has 24 heavy (non-hydrogen) atoms. The van der Waals surface area contributed by atoms with Crippen LogP contribution in [-0.2, 0) is 18.4 Å². The molecule has 3 amide bonds. The second-order valence-electron chi connectivity index (χ2n) is 5.63. The van der Waals surface area contributed by atoms with E-state index in [-0.39, 0.29) is 18.5 Å². The van der Waals surface area contributed by atoms with E-state index in [9.17, 15) is 9.59 Å². The average molecular weight is 348 g/mol. The number of piperazine rings is 1. The topological polar surface area (TPSA) is 70.5 Å². The van der Waals surface area contributed by atoms with Gasteiger partial charge in [-0.15, -0.1) is 0 Å². The Bertz CT molecular complexity index is 760. The van der Waals surface area contributed by atoms with Gasteiger partial charge in [-0.1, -0.05) is 23.7 Å². The number of nitrogens with one attached hydrogen (secondary N) is 1. The molecule has 0 atom stereocenters. The zero-order chi connectivity index (χ0) is 17.1. The maximum absolute atomic E-state index is 12.3. The summed E-state index contributed by atoms with van der Waals surface area (Å²) in [5.74, 6) is -0.118. The molecule has 2 heterocycles. The Hall–Kier alpha value is -2.54. The summed E-state index contributed by atoms with van der Waals surface area (Å²) in [6.45, 7) is 1.35. The minimum atomic E-state index is -0.255. The summed E-state index contributed by atoms with van der Waals surface area (Å²) in [5, 5.41) is 7.51. The highest BCUT2D eigenvalue weighted by molar-refractivity contribution is 6.30. The molecule has 1 aromatic heterocycles. The van der Waals surface area contributed by atoms with Crippen molar-refractivity contribution in [2.24, 2.45) is 7.05 Å². The van der Waals surface area contributed by atoms with E-state index in [1.54, 1.807) is 41.2 Å². The van der Waals surface area contributed by atoms with Crippen LogP contribution in [0.4, 0.5) is 10.5 Å². The molecule has 1 aliphatic heterocycles. The van der Waals surface area contributed by atoms with Crippen LogP contribution in [0, 0.1) is 0 Å². The Morgan fingerprint density at radius 3 is 2.88 bits per heavy atom. The summed E-state index contributed by atoms with van der Waals surface area (Å²) in [4.78, 5) is 27.7. The molecule has 0 saturated carbocycles. The van der Waals surface area contributed by atoms with E-state index in [0.29, 0.717) is 24.7 Å². The lowest BCUT2D eigenvalue weighted by molar-refractivity contribution is -0.120. The van der Waals surface area contributed by atoms with E-state index in [4.69, 9.17) is 11.6 Å². The molecule has 3 rings (SSSR count). The largest absolute Gasteiger partial charge is 0.334 e. The molecule has 1 N–H and O–H groups in total. The molecular formula is C16H18ClN5O2. The van der Waals surface area contributed by atoms with Crippen molar-refractivity contribution in [3.8, 4) is 0 Å². The first-order chi connectivity index (χ1) is 11.5. The third-order valence-electron chi connectivity index (χ3n) is 3.84. The van der Waals surface area contributed by atoms with Crippen molar-refractivity contribution in [3.05, 3.63) is 47.2 Å². The summed E-state index contributed by atoms with van der Waals surface area (Å²) in [5.41, 5.74) is 1.66. The standard InChI is InChI=1S/C16H18ClN5O2/c1-20-10-14(9-19-20)22-6-5-21(11-15(22)23)16(24)18-8-12-3-2-4-13(17)7-12/h2-4,7,9-10H,5-6,8,11H2,1H3,(H,18,24). The van der Waals surface area contributed by atoms with E-state index in [1.807, 2.05) is 12.1 Å². The fourth-order valence-electron chi connectivity index (χ4n) is 2.60. The minimum Gasteiger partial charge on any atom is -0.334 e. The highest BCUT2D eigenvalue weighted by Crippen LogP contribution is 2.16. The summed E-state index contributed by atoms with van der Waals surface area (Å²) >= 11 is 5.92. The lowest BCUT2D eigenvalue weighted by Crippen LogP contribution is -2.54. The number of aromatic nitrogens is 2. The number of benzene rings is 1. The first kappa shape index (κ1) is 16.3. The van der Waals surface area contributed by atoms with Crippen LogP contribution in [0.5, 0.6) is 0 Å². The Morgan fingerprint density at radius 2 is 2.21 bits per heavy atom. The number of urea groups is 1. The quantitative estimate of drug-likeness (QED) is 0.917. The first-order valence-electron chi connectivity index (χ1n) is 7.59. The van der Waals surface area contributed by atoms with Gasteiger partial charge in [0.2, 0.25) is 5.91 Å². The average Bonchev–Trinajstić information content (AvgIpc) is 2.98. The summed E-state index contributed by atoms with van der Waals surface area (Å²) in [6.07, 6.45) is 3.43. The van der Waals surface area contributed by atoms with E-state index in [1.165, 1.54) is 4.90 Å². The second-order valence-corrected chi connectivity index (χ2v) is 6.06. The Balaban J connectivity index is 1.55. The Labute approximate surface area is 144 Å². The molecule has 0 aliphatic carbocycles. The number of hydrogen-bond donors (Lipinski definition) is 1. The molecule has 1 fully saturated rings. The van der Waals surface area contributed by atoms with Crippen molar-refractivity contribution in [1.29, 1.82) is 0 Å². The van der Waals surface area contributed by atoms with Crippen molar-refractivity contribution < 1.29 is 9.59 Å². The van der Waals surface area contributed by atoms with E-state index in [0.717, 1.165) is 11.3 Å². The van der Waals surface area contributed by atoms with Crippen molar-refractivity contribution in [2.75, 3.05) is 24.5 Å². The Kier molecular flexibility index (Phi) is 4.71.